The fraction of sp³-hybridized carbons (Fsp3) is 0.211. The Kier molecular flexibility index (Phi) is 5.04. The summed E-state index contributed by atoms with van der Waals surface area (Å²) >= 11 is 0. The fourth-order valence-electron chi connectivity index (χ4n) is 2.97. The molecule has 1 aliphatic rings. The van der Waals surface area contributed by atoms with E-state index < -0.39 is 41.5 Å². The second-order valence-corrected chi connectivity index (χ2v) is 6.40. The molecule has 2 atom stereocenters. The minimum Gasteiger partial charge on any atom is -0.314 e. The second-order valence-electron chi connectivity index (χ2n) is 6.40. The Morgan fingerprint density at radius 2 is 1.66 bits per heavy atom. The van der Waals surface area contributed by atoms with Crippen molar-refractivity contribution in [1.29, 1.82) is 0 Å². The number of imide groups is 1. The quantitative estimate of drug-likeness (QED) is 0.602. The van der Waals surface area contributed by atoms with Crippen molar-refractivity contribution in [3.8, 4) is 0 Å². The zero-order valence-electron chi connectivity index (χ0n) is 15.0. The van der Waals surface area contributed by atoms with E-state index in [1.54, 1.807) is 41.0 Å². The Morgan fingerprint density at radius 1 is 1.07 bits per heavy atom. The maximum Gasteiger partial charge on any atom is 0.440 e. The van der Waals surface area contributed by atoms with Crippen LogP contribution in [0.3, 0.4) is 0 Å². The van der Waals surface area contributed by atoms with Gasteiger partial charge in [0.2, 0.25) is 0 Å². The minimum atomic E-state index is -5.33. The number of carbonyl (C=O) groups is 3. The summed E-state index contributed by atoms with van der Waals surface area (Å²) in [6.45, 7) is 1.39. The highest BCUT2D eigenvalue weighted by atomic mass is 19.4. The van der Waals surface area contributed by atoms with Crippen LogP contribution in [0.15, 0.2) is 54.6 Å². The van der Waals surface area contributed by atoms with E-state index in [1.165, 1.54) is 6.92 Å². The van der Waals surface area contributed by atoms with Gasteiger partial charge in [-0.1, -0.05) is 30.3 Å². The molecule has 0 aliphatic carbocycles. The lowest BCUT2D eigenvalue weighted by Gasteiger charge is -2.30. The van der Waals surface area contributed by atoms with E-state index in [9.17, 15) is 31.9 Å². The predicted molar refractivity (Wildman–Crippen MR) is 92.9 cm³/mol. The van der Waals surface area contributed by atoms with Crippen LogP contribution in [-0.2, 0) is 4.79 Å². The highest BCUT2D eigenvalue weighted by molar-refractivity contribution is 6.10. The van der Waals surface area contributed by atoms with Gasteiger partial charge in [-0.05, 0) is 36.8 Å². The van der Waals surface area contributed by atoms with Crippen molar-refractivity contribution >= 4 is 17.8 Å². The molecule has 2 N–H and O–H groups in total. The number of hydrogen-bond acceptors (Lipinski definition) is 3. The van der Waals surface area contributed by atoms with Gasteiger partial charge < -0.3 is 5.32 Å². The molecule has 3 rings (SSSR count). The standard InChI is InChI=1S/C19H15F4N3O3/c1-11(12-5-3-2-4-6-12)26-16(28)18(19(21,22)23,25-17(26)29)24-15(27)13-7-9-14(20)10-8-13/h2-11H,1H3,(H,24,27)(H,25,29)/t11-,18-/m0/s1. The Balaban J connectivity index is 1.96. The summed E-state index contributed by atoms with van der Waals surface area (Å²) in [6, 6.07) is 9.35. The van der Waals surface area contributed by atoms with Crippen molar-refractivity contribution in [2.75, 3.05) is 0 Å². The molecule has 0 saturated carbocycles. The van der Waals surface area contributed by atoms with E-state index >= 15 is 0 Å². The maximum absolute atomic E-state index is 13.9. The third-order valence-electron chi connectivity index (χ3n) is 4.55. The van der Waals surface area contributed by atoms with E-state index in [-0.39, 0.29) is 5.56 Å². The first kappa shape index (κ1) is 20.3. The lowest BCUT2D eigenvalue weighted by molar-refractivity contribution is -0.200. The molecule has 29 heavy (non-hydrogen) atoms. The third kappa shape index (κ3) is 3.53. The van der Waals surface area contributed by atoms with Gasteiger partial charge in [0, 0.05) is 5.56 Å². The van der Waals surface area contributed by atoms with Crippen molar-refractivity contribution in [1.82, 2.24) is 15.5 Å². The zero-order valence-corrected chi connectivity index (χ0v) is 15.0. The van der Waals surface area contributed by atoms with Crippen molar-refractivity contribution in [2.45, 2.75) is 24.8 Å². The summed E-state index contributed by atoms with van der Waals surface area (Å²) in [4.78, 5) is 37.8. The lowest BCUT2D eigenvalue weighted by atomic mass is 10.0. The van der Waals surface area contributed by atoms with Crippen LogP contribution in [0.5, 0.6) is 0 Å². The number of halogens is 4. The van der Waals surface area contributed by atoms with E-state index in [0.29, 0.717) is 10.5 Å². The third-order valence-corrected chi connectivity index (χ3v) is 4.55. The molecule has 4 amide bonds. The molecule has 2 aromatic carbocycles. The molecule has 1 aliphatic heterocycles. The monoisotopic (exact) mass is 409 g/mol. The van der Waals surface area contributed by atoms with Crippen molar-refractivity contribution in [3.05, 3.63) is 71.5 Å². The first-order valence-electron chi connectivity index (χ1n) is 8.42. The number of rotatable bonds is 4. The van der Waals surface area contributed by atoms with Gasteiger partial charge in [-0.15, -0.1) is 0 Å². The number of carbonyl (C=O) groups excluding carboxylic acids is 3. The van der Waals surface area contributed by atoms with Crippen LogP contribution in [0.4, 0.5) is 22.4 Å². The van der Waals surface area contributed by atoms with Crippen LogP contribution < -0.4 is 10.6 Å². The Bertz CT molecular complexity index is 947. The van der Waals surface area contributed by atoms with Crippen LogP contribution >= 0.6 is 0 Å². The molecule has 0 bridgehead atoms. The zero-order chi connectivity index (χ0) is 21.4. The normalized spacial score (nSPS) is 20.4. The number of nitrogens with zero attached hydrogens (tertiary/aromatic N) is 1. The van der Waals surface area contributed by atoms with Crippen LogP contribution in [-0.4, -0.2) is 34.6 Å². The maximum atomic E-state index is 13.9. The van der Waals surface area contributed by atoms with Gasteiger partial charge in [0.15, 0.2) is 0 Å². The largest absolute Gasteiger partial charge is 0.440 e. The molecule has 1 fully saturated rings. The number of nitrogens with one attached hydrogen (secondary N) is 2. The van der Waals surface area contributed by atoms with Crippen LogP contribution in [0.25, 0.3) is 0 Å². The average molecular weight is 409 g/mol. The van der Waals surface area contributed by atoms with Crippen molar-refractivity contribution in [3.63, 3.8) is 0 Å². The van der Waals surface area contributed by atoms with Gasteiger partial charge in [-0.3, -0.25) is 19.8 Å². The van der Waals surface area contributed by atoms with E-state index in [0.717, 1.165) is 24.3 Å². The molecule has 10 heteroatoms. The molecule has 0 spiro atoms. The Morgan fingerprint density at radius 3 is 2.21 bits per heavy atom. The van der Waals surface area contributed by atoms with Gasteiger partial charge in [-0.2, -0.15) is 13.2 Å². The van der Waals surface area contributed by atoms with E-state index in [4.69, 9.17) is 0 Å². The summed E-state index contributed by atoms with van der Waals surface area (Å²) in [5.74, 6) is -3.66. The highest BCUT2D eigenvalue weighted by Crippen LogP contribution is 2.37. The number of urea groups is 1. The van der Waals surface area contributed by atoms with Gasteiger partial charge in [0.1, 0.15) is 5.82 Å². The molecule has 152 valence electrons. The van der Waals surface area contributed by atoms with Gasteiger partial charge >= 0.3 is 12.2 Å². The van der Waals surface area contributed by atoms with Crippen molar-refractivity contribution in [2.24, 2.45) is 0 Å². The molecular formula is C19H15F4N3O3. The first-order valence-corrected chi connectivity index (χ1v) is 8.42. The molecule has 0 radical (unpaired) electrons. The van der Waals surface area contributed by atoms with Crippen LogP contribution in [0, 0.1) is 5.82 Å². The van der Waals surface area contributed by atoms with Crippen LogP contribution in [0.2, 0.25) is 0 Å². The number of amides is 4. The Labute approximate surface area is 162 Å². The highest BCUT2D eigenvalue weighted by Gasteiger charge is 2.69. The lowest BCUT2D eigenvalue weighted by Crippen LogP contribution is -2.69. The van der Waals surface area contributed by atoms with Crippen molar-refractivity contribution < 1.29 is 31.9 Å². The number of benzene rings is 2. The molecule has 0 aromatic heterocycles. The van der Waals surface area contributed by atoms with Crippen LogP contribution in [0.1, 0.15) is 28.9 Å². The molecule has 1 saturated heterocycles. The topological polar surface area (TPSA) is 78.5 Å². The van der Waals surface area contributed by atoms with E-state index in [1.807, 2.05) is 0 Å². The second kappa shape index (κ2) is 7.19. The molecule has 6 nitrogen and oxygen atoms in total. The summed E-state index contributed by atoms with van der Waals surface area (Å²) in [7, 11) is 0. The fourth-order valence-corrected chi connectivity index (χ4v) is 2.97. The van der Waals surface area contributed by atoms with Gasteiger partial charge in [-0.25, -0.2) is 9.18 Å². The number of hydrogen-bond donors (Lipinski definition) is 2. The molecule has 2 aromatic rings. The van der Waals surface area contributed by atoms with Gasteiger partial charge in [0.25, 0.3) is 17.5 Å². The van der Waals surface area contributed by atoms with Gasteiger partial charge in [0.05, 0.1) is 6.04 Å². The molecular weight excluding hydrogens is 394 g/mol. The number of alkyl halides is 3. The summed E-state index contributed by atoms with van der Waals surface area (Å²) in [5, 5.41) is 3.15. The molecule has 0 unspecified atom stereocenters. The SMILES string of the molecule is C[C@@H](c1ccccc1)N1C(=O)N[C@](NC(=O)c2ccc(F)cc2)(C(F)(F)F)C1=O. The minimum absolute atomic E-state index is 0.313. The molecule has 1 heterocycles. The summed E-state index contributed by atoms with van der Waals surface area (Å²) < 4.78 is 54.7. The Hall–Kier alpha value is -3.43. The van der Waals surface area contributed by atoms with E-state index in [2.05, 4.69) is 0 Å². The average Bonchev–Trinajstić information content (AvgIpc) is 2.93. The predicted octanol–water partition coefficient (Wildman–Crippen LogP) is 3.13. The first-order chi connectivity index (χ1) is 13.6. The smallest absolute Gasteiger partial charge is 0.314 e. The summed E-state index contributed by atoms with van der Waals surface area (Å²) in [5.41, 5.74) is -3.52. The summed E-state index contributed by atoms with van der Waals surface area (Å²) in [6.07, 6.45) is -5.33.